The zero-order chi connectivity index (χ0) is 19.5. The van der Waals surface area contributed by atoms with Crippen molar-refractivity contribution in [3.8, 4) is 17.1 Å². The second kappa shape index (κ2) is 7.64. The standard InChI is InChI=1S/C21H22N6O/c1-14(2)27-13-24-18-20(23-11-9-15-5-7-17(28)8-6-15)25-19(26-21(18)27)16-4-3-10-22-12-16/h3-8,10,12-14,28H,9,11H2,1-2H3,(H,23,25,26). The average Bonchev–Trinajstić information content (AvgIpc) is 3.14. The maximum atomic E-state index is 9.42. The van der Waals surface area contributed by atoms with Crippen molar-refractivity contribution < 1.29 is 5.11 Å². The van der Waals surface area contributed by atoms with Crippen LogP contribution in [0, 0.1) is 0 Å². The highest BCUT2D eigenvalue weighted by Gasteiger charge is 2.15. The van der Waals surface area contributed by atoms with Gasteiger partial charge in [0, 0.05) is 30.5 Å². The zero-order valence-corrected chi connectivity index (χ0v) is 15.9. The molecule has 7 heteroatoms. The molecule has 0 amide bonds. The molecule has 7 nitrogen and oxygen atoms in total. The van der Waals surface area contributed by atoms with Crippen LogP contribution in [0.15, 0.2) is 55.1 Å². The van der Waals surface area contributed by atoms with E-state index in [9.17, 15) is 5.11 Å². The number of nitrogens with one attached hydrogen (secondary N) is 1. The number of phenols is 1. The first-order chi connectivity index (χ1) is 13.6. The van der Waals surface area contributed by atoms with Crippen molar-refractivity contribution in [2.45, 2.75) is 26.3 Å². The molecular weight excluding hydrogens is 352 g/mol. The molecule has 0 unspecified atom stereocenters. The van der Waals surface area contributed by atoms with Gasteiger partial charge in [0.05, 0.1) is 6.33 Å². The molecule has 28 heavy (non-hydrogen) atoms. The lowest BCUT2D eigenvalue weighted by atomic mass is 10.1. The number of phenolic OH excluding ortho intramolecular Hbond substituents is 1. The normalized spacial score (nSPS) is 11.2. The topological polar surface area (TPSA) is 88.8 Å². The average molecular weight is 374 g/mol. The Bertz CT molecular complexity index is 1070. The summed E-state index contributed by atoms with van der Waals surface area (Å²) in [4.78, 5) is 18.2. The molecule has 142 valence electrons. The van der Waals surface area contributed by atoms with Crippen molar-refractivity contribution in [2.75, 3.05) is 11.9 Å². The van der Waals surface area contributed by atoms with Crippen LogP contribution in [0.3, 0.4) is 0 Å². The number of rotatable bonds is 6. The summed E-state index contributed by atoms with van der Waals surface area (Å²) in [6.45, 7) is 4.90. The zero-order valence-electron chi connectivity index (χ0n) is 15.9. The highest BCUT2D eigenvalue weighted by Crippen LogP contribution is 2.25. The molecule has 0 bridgehead atoms. The van der Waals surface area contributed by atoms with Gasteiger partial charge in [-0.2, -0.15) is 0 Å². The molecule has 4 aromatic rings. The van der Waals surface area contributed by atoms with Crippen molar-refractivity contribution in [1.29, 1.82) is 0 Å². The van der Waals surface area contributed by atoms with Crippen molar-refractivity contribution >= 4 is 17.0 Å². The first-order valence-electron chi connectivity index (χ1n) is 9.28. The molecule has 0 radical (unpaired) electrons. The number of anilines is 1. The third kappa shape index (κ3) is 3.64. The lowest BCUT2D eigenvalue weighted by Gasteiger charge is -2.11. The summed E-state index contributed by atoms with van der Waals surface area (Å²) in [6, 6.07) is 11.3. The molecule has 0 aliphatic carbocycles. The van der Waals surface area contributed by atoms with Crippen LogP contribution in [0.1, 0.15) is 25.5 Å². The van der Waals surface area contributed by atoms with Gasteiger partial charge in [0.1, 0.15) is 11.3 Å². The molecule has 3 aromatic heterocycles. The Morgan fingerprint density at radius 2 is 1.93 bits per heavy atom. The lowest BCUT2D eigenvalue weighted by molar-refractivity contribution is 0.475. The lowest BCUT2D eigenvalue weighted by Crippen LogP contribution is -2.09. The molecule has 0 saturated carbocycles. The maximum absolute atomic E-state index is 9.42. The fourth-order valence-corrected chi connectivity index (χ4v) is 3.03. The summed E-state index contributed by atoms with van der Waals surface area (Å²) in [5.41, 5.74) is 3.56. The third-order valence-electron chi connectivity index (χ3n) is 4.54. The van der Waals surface area contributed by atoms with Crippen LogP contribution in [0.4, 0.5) is 5.82 Å². The number of nitrogens with zero attached hydrogens (tertiary/aromatic N) is 5. The van der Waals surface area contributed by atoms with Gasteiger partial charge in [-0.15, -0.1) is 0 Å². The van der Waals surface area contributed by atoms with Crippen LogP contribution in [0.2, 0.25) is 0 Å². The van der Waals surface area contributed by atoms with Crippen LogP contribution < -0.4 is 5.32 Å². The Morgan fingerprint density at radius 1 is 1.11 bits per heavy atom. The van der Waals surface area contributed by atoms with Crippen LogP contribution in [0.25, 0.3) is 22.6 Å². The summed E-state index contributed by atoms with van der Waals surface area (Å²) in [5, 5.41) is 12.8. The Kier molecular flexibility index (Phi) is 4.89. The Labute approximate surface area is 163 Å². The largest absolute Gasteiger partial charge is 0.508 e. The molecule has 2 N–H and O–H groups in total. The highest BCUT2D eigenvalue weighted by atomic mass is 16.3. The Balaban J connectivity index is 1.66. The second-order valence-corrected chi connectivity index (χ2v) is 6.90. The van der Waals surface area contributed by atoms with Crippen molar-refractivity contribution in [3.63, 3.8) is 0 Å². The van der Waals surface area contributed by atoms with Crippen molar-refractivity contribution in [3.05, 3.63) is 60.7 Å². The van der Waals surface area contributed by atoms with Crippen LogP contribution >= 0.6 is 0 Å². The summed E-state index contributed by atoms with van der Waals surface area (Å²) in [5.74, 6) is 1.60. The number of aromatic nitrogens is 5. The maximum Gasteiger partial charge on any atom is 0.166 e. The minimum absolute atomic E-state index is 0.242. The monoisotopic (exact) mass is 374 g/mol. The van der Waals surface area contributed by atoms with Crippen LogP contribution in [-0.4, -0.2) is 36.2 Å². The molecule has 0 saturated heterocycles. The van der Waals surface area contributed by atoms with Gasteiger partial charge >= 0.3 is 0 Å². The summed E-state index contributed by atoms with van der Waals surface area (Å²) in [6.07, 6.45) is 6.11. The number of hydrogen-bond acceptors (Lipinski definition) is 6. The van der Waals surface area contributed by atoms with E-state index in [-0.39, 0.29) is 11.8 Å². The van der Waals surface area contributed by atoms with E-state index in [1.165, 1.54) is 0 Å². The number of aromatic hydroxyl groups is 1. The van der Waals surface area contributed by atoms with Crippen molar-refractivity contribution in [1.82, 2.24) is 24.5 Å². The van der Waals surface area contributed by atoms with Crippen LogP contribution in [0.5, 0.6) is 5.75 Å². The molecule has 0 fully saturated rings. The van der Waals surface area contributed by atoms with E-state index in [0.29, 0.717) is 18.2 Å². The molecular formula is C21H22N6O. The van der Waals surface area contributed by atoms with Crippen LogP contribution in [-0.2, 0) is 6.42 Å². The van der Waals surface area contributed by atoms with Gasteiger partial charge in [0.25, 0.3) is 0 Å². The van der Waals surface area contributed by atoms with Gasteiger partial charge in [-0.05, 0) is 50.1 Å². The van der Waals surface area contributed by atoms with Crippen molar-refractivity contribution in [2.24, 2.45) is 0 Å². The van der Waals surface area contributed by atoms with Gasteiger partial charge in [0.15, 0.2) is 17.3 Å². The van der Waals surface area contributed by atoms with Gasteiger partial charge in [-0.3, -0.25) is 4.98 Å². The fourth-order valence-electron chi connectivity index (χ4n) is 3.03. The van der Waals surface area contributed by atoms with E-state index in [1.54, 1.807) is 24.5 Å². The number of imidazole rings is 1. The number of pyridine rings is 1. The van der Waals surface area contributed by atoms with E-state index >= 15 is 0 Å². The highest BCUT2D eigenvalue weighted by molar-refractivity contribution is 5.85. The van der Waals surface area contributed by atoms with Gasteiger partial charge in [-0.1, -0.05) is 12.1 Å². The fraction of sp³-hybridized carbons (Fsp3) is 0.238. The van der Waals surface area contributed by atoms with E-state index in [1.807, 2.05) is 35.2 Å². The predicted octanol–water partition coefficient (Wildman–Crippen LogP) is 3.83. The number of hydrogen-bond donors (Lipinski definition) is 2. The molecule has 4 rings (SSSR count). The summed E-state index contributed by atoms with van der Waals surface area (Å²) in [7, 11) is 0. The van der Waals surface area contributed by atoms with E-state index in [2.05, 4.69) is 29.1 Å². The summed E-state index contributed by atoms with van der Waals surface area (Å²) >= 11 is 0. The Hall–Kier alpha value is -3.48. The molecule has 1 aromatic carbocycles. The molecule has 0 aliphatic rings. The molecule has 0 spiro atoms. The van der Waals surface area contributed by atoms with Gasteiger partial charge < -0.3 is 15.0 Å². The summed E-state index contributed by atoms with van der Waals surface area (Å²) < 4.78 is 2.04. The van der Waals surface area contributed by atoms with Gasteiger partial charge in [0.2, 0.25) is 0 Å². The molecule has 3 heterocycles. The molecule has 0 atom stereocenters. The minimum atomic E-state index is 0.242. The second-order valence-electron chi connectivity index (χ2n) is 6.90. The van der Waals surface area contributed by atoms with E-state index in [0.717, 1.165) is 28.7 Å². The number of fused-ring (bicyclic) bond motifs is 1. The first-order valence-corrected chi connectivity index (χ1v) is 9.28. The quantitative estimate of drug-likeness (QED) is 0.533. The SMILES string of the molecule is CC(C)n1cnc2c(NCCc3ccc(O)cc3)nc(-c3cccnc3)nc21. The van der Waals surface area contributed by atoms with E-state index in [4.69, 9.17) is 9.97 Å². The molecule has 0 aliphatic heterocycles. The van der Waals surface area contributed by atoms with Gasteiger partial charge in [-0.25, -0.2) is 15.0 Å². The minimum Gasteiger partial charge on any atom is -0.508 e. The first kappa shape index (κ1) is 17.9. The van der Waals surface area contributed by atoms with E-state index < -0.39 is 0 Å². The number of benzene rings is 1. The Morgan fingerprint density at radius 3 is 2.64 bits per heavy atom. The predicted molar refractivity (Wildman–Crippen MR) is 109 cm³/mol. The smallest absolute Gasteiger partial charge is 0.166 e. The third-order valence-corrected chi connectivity index (χ3v) is 4.54.